The molecule has 1 heterocycles. The molecular formula is C25H29ClN6O5S. The number of para-hydroxylation sites is 1. The van der Waals surface area contributed by atoms with E-state index in [1.54, 1.807) is 61.8 Å². The minimum absolute atomic E-state index is 0.134. The summed E-state index contributed by atoms with van der Waals surface area (Å²) < 4.78 is 25.6. The number of aromatic nitrogens is 2. The maximum Gasteiger partial charge on any atom is 0.251 e. The van der Waals surface area contributed by atoms with Crippen LogP contribution in [0.4, 0.5) is 23.1 Å². The number of anilines is 4. The number of amides is 2. The molecule has 0 aliphatic carbocycles. The summed E-state index contributed by atoms with van der Waals surface area (Å²) >= 11 is 6.29. The van der Waals surface area contributed by atoms with Crippen molar-refractivity contribution in [3.63, 3.8) is 0 Å². The largest absolute Gasteiger partial charge is 0.352 e. The van der Waals surface area contributed by atoms with Crippen molar-refractivity contribution >= 4 is 56.4 Å². The fourth-order valence-corrected chi connectivity index (χ4v) is 4.69. The van der Waals surface area contributed by atoms with Gasteiger partial charge in [-0.25, -0.2) is 18.9 Å². The molecule has 0 aliphatic heterocycles. The lowest BCUT2D eigenvalue weighted by Crippen LogP contribution is -2.25. The molecule has 0 bridgehead atoms. The van der Waals surface area contributed by atoms with E-state index in [4.69, 9.17) is 16.8 Å². The fourth-order valence-electron chi connectivity index (χ4n) is 3.35. The zero-order chi connectivity index (χ0) is 27.7. The van der Waals surface area contributed by atoms with Gasteiger partial charge in [0.25, 0.3) is 5.91 Å². The van der Waals surface area contributed by atoms with Crippen molar-refractivity contribution in [2.45, 2.75) is 43.3 Å². The van der Waals surface area contributed by atoms with Crippen LogP contribution in [0.3, 0.4) is 0 Å². The number of hydrogen-bond donors (Lipinski definition) is 5. The smallest absolute Gasteiger partial charge is 0.251 e. The molecule has 202 valence electrons. The molecule has 0 saturated heterocycles. The van der Waals surface area contributed by atoms with Crippen molar-refractivity contribution < 1.29 is 23.2 Å². The molecule has 0 spiro atoms. The van der Waals surface area contributed by atoms with E-state index >= 15 is 0 Å². The molecule has 0 unspecified atom stereocenters. The third-order valence-electron chi connectivity index (χ3n) is 5.43. The van der Waals surface area contributed by atoms with Gasteiger partial charge in [0.15, 0.2) is 15.7 Å². The van der Waals surface area contributed by atoms with Gasteiger partial charge in [-0.05, 0) is 57.0 Å². The average Bonchev–Trinajstić information content (AvgIpc) is 2.90. The van der Waals surface area contributed by atoms with E-state index in [-0.39, 0.29) is 34.0 Å². The van der Waals surface area contributed by atoms with Gasteiger partial charge < -0.3 is 16.0 Å². The second kappa shape index (κ2) is 13.2. The lowest BCUT2D eigenvalue weighted by molar-refractivity contribution is -0.129. The summed E-state index contributed by atoms with van der Waals surface area (Å²) in [6.07, 6.45) is 2.65. The van der Waals surface area contributed by atoms with E-state index in [0.717, 1.165) is 0 Å². The van der Waals surface area contributed by atoms with E-state index < -0.39 is 21.0 Å². The van der Waals surface area contributed by atoms with Crippen molar-refractivity contribution in [1.29, 1.82) is 0 Å². The third-order valence-corrected chi connectivity index (χ3v) is 7.92. The first kappa shape index (κ1) is 28.8. The second-order valence-electron chi connectivity index (χ2n) is 8.56. The Morgan fingerprint density at radius 2 is 1.82 bits per heavy atom. The van der Waals surface area contributed by atoms with E-state index in [1.165, 1.54) is 12.3 Å². The molecule has 3 rings (SSSR count). The second-order valence-corrected chi connectivity index (χ2v) is 11.4. The Kier molecular flexibility index (Phi) is 9.99. The van der Waals surface area contributed by atoms with Crippen LogP contribution in [0.25, 0.3) is 0 Å². The predicted octanol–water partition coefficient (Wildman–Crippen LogP) is 4.20. The number of hydroxylamine groups is 1. The van der Waals surface area contributed by atoms with Crippen molar-refractivity contribution in [3.05, 3.63) is 65.3 Å². The Hall–Kier alpha value is -3.74. The normalized spacial score (nSPS) is 11.2. The van der Waals surface area contributed by atoms with Gasteiger partial charge in [-0.3, -0.25) is 14.8 Å². The van der Waals surface area contributed by atoms with Gasteiger partial charge in [-0.15, -0.1) is 0 Å². The van der Waals surface area contributed by atoms with Crippen molar-refractivity contribution in [3.8, 4) is 0 Å². The van der Waals surface area contributed by atoms with Gasteiger partial charge in [0.1, 0.15) is 5.02 Å². The summed E-state index contributed by atoms with van der Waals surface area (Å²) in [6.45, 7) is 3.59. The van der Waals surface area contributed by atoms with Gasteiger partial charge in [-0.1, -0.05) is 29.8 Å². The number of nitrogens with one attached hydrogen (secondary N) is 4. The van der Waals surface area contributed by atoms with Crippen LogP contribution in [0, 0.1) is 0 Å². The first-order valence-electron chi connectivity index (χ1n) is 11.8. The lowest BCUT2D eigenvalue weighted by atomic mass is 10.2. The van der Waals surface area contributed by atoms with E-state index in [1.807, 2.05) is 0 Å². The van der Waals surface area contributed by atoms with Crippen LogP contribution < -0.4 is 21.4 Å². The zero-order valence-electron chi connectivity index (χ0n) is 20.9. The van der Waals surface area contributed by atoms with Gasteiger partial charge in [-0.2, -0.15) is 4.98 Å². The number of hydrogen-bond acceptors (Lipinski definition) is 9. The first-order chi connectivity index (χ1) is 18.1. The van der Waals surface area contributed by atoms with Gasteiger partial charge >= 0.3 is 0 Å². The number of rotatable bonds is 12. The molecule has 2 amide bonds. The number of halogens is 1. The van der Waals surface area contributed by atoms with Crippen molar-refractivity contribution in [2.75, 3.05) is 17.2 Å². The van der Waals surface area contributed by atoms with Crippen LogP contribution >= 0.6 is 11.6 Å². The standard InChI is InChI=1S/C25H29ClN6O5S/c1-16(2)38(36,37)21-11-4-3-10-20(21)30-23-19(26)15-28-25(31-23)29-18-9-7-8-17(14-18)24(34)27-13-6-5-12-22(33)32-35/h3-4,7-11,14-16,35H,5-6,12-13H2,1-2H3,(H,27,34)(H,32,33)(H2,28,29,30,31). The van der Waals surface area contributed by atoms with Crippen LogP contribution in [0.2, 0.25) is 5.02 Å². The summed E-state index contributed by atoms with van der Waals surface area (Å²) in [4.78, 5) is 32.2. The van der Waals surface area contributed by atoms with Crippen molar-refractivity contribution in [1.82, 2.24) is 20.8 Å². The summed E-state index contributed by atoms with van der Waals surface area (Å²) in [5.41, 5.74) is 2.86. The van der Waals surface area contributed by atoms with Gasteiger partial charge in [0.2, 0.25) is 11.9 Å². The van der Waals surface area contributed by atoms with E-state index in [9.17, 15) is 18.0 Å². The van der Waals surface area contributed by atoms with Crippen molar-refractivity contribution in [2.24, 2.45) is 0 Å². The highest BCUT2D eigenvalue weighted by Gasteiger charge is 2.23. The Bertz CT molecular complexity index is 1400. The Balaban J connectivity index is 1.70. The molecule has 13 heteroatoms. The number of nitrogens with zero attached hydrogens (tertiary/aromatic N) is 2. The van der Waals surface area contributed by atoms with Crippen LogP contribution in [0.15, 0.2) is 59.6 Å². The minimum Gasteiger partial charge on any atom is -0.352 e. The van der Waals surface area contributed by atoms with Crippen LogP contribution in [-0.4, -0.2) is 47.2 Å². The minimum atomic E-state index is -3.56. The lowest BCUT2D eigenvalue weighted by Gasteiger charge is -2.15. The van der Waals surface area contributed by atoms with E-state index in [0.29, 0.717) is 36.3 Å². The Morgan fingerprint density at radius 1 is 1.05 bits per heavy atom. The Labute approximate surface area is 225 Å². The number of benzene rings is 2. The molecule has 0 saturated carbocycles. The third kappa shape index (κ3) is 7.63. The highest BCUT2D eigenvalue weighted by Crippen LogP contribution is 2.30. The predicted molar refractivity (Wildman–Crippen MR) is 145 cm³/mol. The van der Waals surface area contributed by atoms with E-state index in [2.05, 4.69) is 25.9 Å². The maximum absolute atomic E-state index is 12.8. The fraction of sp³-hybridized carbons (Fsp3) is 0.280. The molecule has 0 radical (unpaired) electrons. The molecule has 11 nitrogen and oxygen atoms in total. The number of sulfone groups is 1. The first-order valence-corrected chi connectivity index (χ1v) is 13.7. The van der Waals surface area contributed by atoms with Crippen LogP contribution in [0.5, 0.6) is 0 Å². The SMILES string of the molecule is CC(C)S(=O)(=O)c1ccccc1Nc1nc(Nc2cccc(C(=O)NCCCCC(=O)NO)c2)ncc1Cl. The average molecular weight is 561 g/mol. The van der Waals surface area contributed by atoms with Crippen LogP contribution in [-0.2, 0) is 14.6 Å². The van der Waals surface area contributed by atoms with Crippen LogP contribution in [0.1, 0.15) is 43.5 Å². The van der Waals surface area contributed by atoms with Gasteiger partial charge in [0, 0.05) is 24.2 Å². The molecule has 5 N–H and O–H groups in total. The highest BCUT2D eigenvalue weighted by atomic mass is 35.5. The topological polar surface area (TPSA) is 162 Å². The number of carbonyl (C=O) groups excluding carboxylic acids is 2. The number of unbranched alkanes of at least 4 members (excludes halogenated alkanes) is 1. The molecule has 3 aromatic rings. The van der Waals surface area contributed by atoms with Gasteiger partial charge in [0.05, 0.1) is 22.0 Å². The maximum atomic E-state index is 12.8. The molecular weight excluding hydrogens is 532 g/mol. The monoisotopic (exact) mass is 560 g/mol. The molecule has 0 fully saturated rings. The highest BCUT2D eigenvalue weighted by molar-refractivity contribution is 7.92. The molecule has 0 aliphatic rings. The Morgan fingerprint density at radius 3 is 2.55 bits per heavy atom. The molecule has 38 heavy (non-hydrogen) atoms. The molecule has 0 atom stereocenters. The number of carbonyl (C=O) groups is 2. The zero-order valence-corrected chi connectivity index (χ0v) is 22.4. The summed E-state index contributed by atoms with van der Waals surface area (Å²) in [7, 11) is -3.56. The molecule has 1 aromatic heterocycles. The summed E-state index contributed by atoms with van der Waals surface area (Å²) in [5.74, 6) is -0.370. The quantitative estimate of drug-likeness (QED) is 0.124. The molecule has 2 aromatic carbocycles. The summed E-state index contributed by atoms with van der Waals surface area (Å²) in [5, 5.41) is 16.9. The summed E-state index contributed by atoms with van der Waals surface area (Å²) in [6, 6.07) is 13.2.